The normalized spacial score (nSPS) is 12.0. The zero-order valence-corrected chi connectivity index (χ0v) is 13.4. The molecule has 0 spiro atoms. The second-order valence-electron chi connectivity index (χ2n) is 5.65. The second-order valence-corrected chi connectivity index (χ2v) is 5.65. The number of nitrogens with one attached hydrogen (secondary N) is 1. The third-order valence-corrected chi connectivity index (χ3v) is 3.71. The molecule has 1 N–H and O–H groups in total. The SMILES string of the molecule is CCC(C)Oc1ccc(CNc2cc(C)ccc2C)cc1. The Balaban J connectivity index is 1.96. The summed E-state index contributed by atoms with van der Waals surface area (Å²) in [7, 11) is 0. The van der Waals surface area contributed by atoms with Crippen molar-refractivity contribution in [1.82, 2.24) is 0 Å². The van der Waals surface area contributed by atoms with Gasteiger partial charge in [0.05, 0.1) is 6.10 Å². The summed E-state index contributed by atoms with van der Waals surface area (Å²) in [5.74, 6) is 0.944. The predicted octanol–water partition coefficient (Wildman–Crippen LogP) is 5.09. The first-order chi connectivity index (χ1) is 10.1. The molecule has 2 aromatic carbocycles. The van der Waals surface area contributed by atoms with Crippen LogP contribution in [0.4, 0.5) is 5.69 Å². The third-order valence-electron chi connectivity index (χ3n) is 3.71. The molecule has 2 aromatic rings. The maximum Gasteiger partial charge on any atom is 0.119 e. The molecule has 0 saturated carbocycles. The van der Waals surface area contributed by atoms with Crippen LogP contribution >= 0.6 is 0 Å². The van der Waals surface area contributed by atoms with Crippen LogP contribution in [0.15, 0.2) is 42.5 Å². The Morgan fingerprint density at radius 3 is 2.43 bits per heavy atom. The quantitative estimate of drug-likeness (QED) is 0.797. The molecule has 0 aromatic heterocycles. The molecule has 1 unspecified atom stereocenters. The Morgan fingerprint density at radius 1 is 1.05 bits per heavy atom. The Hall–Kier alpha value is -1.96. The minimum absolute atomic E-state index is 0.268. The predicted molar refractivity (Wildman–Crippen MR) is 90.1 cm³/mol. The number of ether oxygens (including phenoxy) is 1. The largest absolute Gasteiger partial charge is 0.491 e. The molecule has 1 atom stereocenters. The highest BCUT2D eigenvalue weighted by Gasteiger charge is 2.02. The zero-order valence-electron chi connectivity index (χ0n) is 13.4. The van der Waals surface area contributed by atoms with Gasteiger partial charge in [-0.05, 0) is 62.1 Å². The highest BCUT2D eigenvalue weighted by atomic mass is 16.5. The van der Waals surface area contributed by atoms with Gasteiger partial charge in [-0.3, -0.25) is 0 Å². The molecule has 0 amide bonds. The number of hydrogen-bond acceptors (Lipinski definition) is 2. The summed E-state index contributed by atoms with van der Waals surface area (Å²) >= 11 is 0. The maximum atomic E-state index is 5.80. The van der Waals surface area contributed by atoms with E-state index in [4.69, 9.17) is 4.74 Å². The van der Waals surface area contributed by atoms with Gasteiger partial charge in [-0.25, -0.2) is 0 Å². The molecule has 2 nitrogen and oxygen atoms in total. The van der Waals surface area contributed by atoms with Crippen LogP contribution in [0.3, 0.4) is 0 Å². The van der Waals surface area contributed by atoms with Gasteiger partial charge in [-0.15, -0.1) is 0 Å². The lowest BCUT2D eigenvalue weighted by molar-refractivity contribution is 0.217. The number of benzene rings is 2. The lowest BCUT2D eigenvalue weighted by Gasteiger charge is -2.14. The van der Waals surface area contributed by atoms with Gasteiger partial charge >= 0.3 is 0 Å². The van der Waals surface area contributed by atoms with E-state index < -0.39 is 0 Å². The Kier molecular flexibility index (Phi) is 5.26. The minimum Gasteiger partial charge on any atom is -0.491 e. The van der Waals surface area contributed by atoms with Crippen molar-refractivity contribution in [2.75, 3.05) is 5.32 Å². The van der Waals surface area contributed by atoms with E-state index in [0.717, 1.165) is 18.7 Å². The van der Waals surface area contributed by atoms with Gasteiger partial charge in [0.1, 0.15) is 5.75 Å². The second kappa shape index (κ2) is 7.16. The van der Waals surface area contributed by atoms with E-state index in [2.05, 4.69) is 63.3 Å². The number of aryl methyl sites for hydroxylation is 2. The number of hydrogen-bond donors (Lipinski definition) is 1. The fraction of sp³-hybridized carbons (Fsp3) is 0.368. The van der Waals surface area contributed by atoms with Crippen molar-refractivity contribution in [1.29, 1.82) is 0 Å². The van der Waals surface area contributed by atoms with Gasteiger partial charge in [-0.2, -0.15) is 0 Å². The van der Waals surface area contributed by atoms with Crippen LogP contribution in [0.2, 0.25) is 0 Å². The molecule has 0 aliphatic rings. The van der Waals surface area contributed by atoms with Crippen molar-refractivity contribution in [3.05, 3.63) is 59.2 Å². The highest BCUT2D eigenvalue weighted by molar-refractivity contribution is 5.52. The van der Waals surface area contributed by atoms with Crippen LogP contribution in [0, 0.1) is 13.8 Å². The zero-order chi connectivity index (χ0) is 15.2. The van der Waals surface area contributed by atoms with Crippen LogP contribution in [0.1, 0.15) is 37.0 Å². The van der Waals surface area contributed by atoms with Crippen molar-refractivity contribution in [3.63, 3.8) is 0 Å². The first-order valence-electron chi connectivity index (χ1n) is 7.65. The first-order valence-corrected chi connectivity index (χ1v) is 7.65. The molecule has 21 heavy (non-hydrogen) atoms. The lowest BCUT2D eigenvalue weighted by Crippen LogP contribution is -2.09. The minimum atomic E-state index is 0.268. The monoisotopic (exact) mass is 283 g/mol. The molecule has 112 valence electrons. The molecule has 0 aliphatic carbocycles. The molecule has 0 fully saturated rings. The van der Waals surface area contributed by atoms with Crippen molar-refractivity contribution >= 4 is 5.69 Å². The summed E-state index contributed by atoms with van der Waals surface area (Å²) in [6.07, 6.45) is 1.29. The number of anilines is 1. The summed E-state index contributed by atoms with van der Waals surface area (Å²) in [6.45, 7) is 9.30. The molecule has 0 heterocycles. The average Bonchev–Trinajstić information content (AvgIpc) is 2.49. The van der Waals surface area contributed by atoms with E-state index in [9.17, 15) is 0 Å². The molecule has 0 aliphatic heterocycles. The van der Waals surface area contributed by atoms with Gasteiger partial charge in [0.15, 0.2) is 0 Å². The van der Waals surface area contributed by atoms with Crippen LogP contribution < -0.4 is 10.1 Å². The van der Waals surface area contributed by atoms with E-state index in [1.807, 2.05) is 12.1 Å². The van der Waals surface area contributed by atoms with E-state index in [1.54, 1.807) is 0 Å². The van der Waals surface area contributed by atoms with Gasteiger partial charge < -0.3 is 10.1 Å². The van der Waals surface area contributed by atoms with Crippen molar-refractivity contribution < 1.29 is 4.74 Å². The van der Waals surface area contributed by atoms with Gasteiger partial charge in [-0.1, -0.05) is 31.2 Å². The molecule has 0 radical (unpaired) electrons. The maximum absolute atomic E-state index is 5.80. The van der Waals surface area contributed by atoms with Crippen LogP contribution in [-0.4, -0.2) is 6.10 Å². The Bertz CT molecular complexity index is 575. The van der Waals surface area contributed by atoms with Crippen LogP contribution in [-0.2, 0) is 6.54 Å². The van der Waals surface area contributed by atoms with Crippen molar-refractivity contribution in [2.24, 2.45) is 0 Å². The standard InChI is InChI=1S/C19H25NO/c1-5-16(4)21-18-10-8-17(9-11-18)13-20-19-12-14(2)6-7-15(19)3/h6-12,16,20H,5,13H2,1-4H3. The summed E-state index contributed by atoms with van der Waals surface area (Å²) < 4.78 is 5.80. The fourth-order valence-corrected chi connectivity index (χ4v) is 2.13. The van der Waals surface area contributed by atoms with Crippen molar-refractivity contribution in [3.8, 4) is 5.75 Å². The molecular weight excluding hydrogens is 258 g/mol. The van der Waals surface area contributed by atoms with E-state index >= 15 is 0 Å². The smallest absolute Gasteiger partial charge is 0.119 e. The third kappa shape index (κ3) is 4.52. The molecule has 2 rings (SSSR count). The first kappa shape index (κ1) is 15.4. The molecule has 0 saturated heterocycles. The molecular formula is C19H25NO. The Labute approximate surface area is 128 Å². The van der Waals surface area contributed by atoms with Crippen LogP contribution in [0.5, 0.6) is 5.75 Å². The molecule has 0 bridgehead atoms. The summed E-state index contributed by atoms with van der Waals surface area (Å²) in [6, 6.07) is 14.8. The topological polar surface area (TPSA) is 21.3 Å². The summed E-state index contributed by atoms with van der Waals surface area (Å²) in [4.78, 5) is 0. The van der Waals surface area contributed by atoms with Crippen molar-refractivity contribution in [2.45, 2.75) is 46.8 Å². The van der Waals surface area contributed by atoms with Crippen LogP contribution in [0.25, 0.3) is 0 Å². The Morgan fingerprint density at radius 2 is 1.76 bits per heavy atom. The average molecular weight is 283 g/mol. The van der Waals surface area contributed by atoms with E-state index in [1.165, 1.54) is 22.4 Å². The number of rotatable bonds is 6. The molecule has 2 heteroatoms. The van der Waals surface area contributed by atoms with E-state index in [0.29, 0.717) is 0 Å². The fourth-order valence-electron chi connectivity index (χ4n) is 2.13. The summed E-state index contributed by atoms with van der Waals surface area (Å²) in [5.41, 5.74) is 5.01. The van der Waals surface area contributed by atoms with Gasteiger partial charge in [0, 0.05) is 12.2 Å². The highest BCUT2D eigenvalue weighted by Crippen LogP contribution is 2.19. The summed E-state index contributed by atoms with van der Waals surface area (Å²) in [5, 5.41) is 3.50. The van der Waals surface area contributed by atoms with Gasteiger partial charge in [0.25, 0.3) is 0 Å². The van der Waals surface area contributed by atoms with E-state index in [-0.39, 0.29) is 6.10 Å². The van der Waals surface area contributed by atoms with Gasteiger partial charge in [0.2, 0.25) is 0 Å². The lowest BCUT2D eigenvalue weighted by atomic mass is 10.1.